The van der Waals surface area contributed by atoms with Crippen molar-refractivity contribution in [3.8, 4) is 0 Å². The summed E-state index contributed by atoms with van der Waals surface area (Å²) in [6.45, 7) is 3.93. The van der Waals surface area contributed by atoms with Crippen molar-refractivity contribution in [3.63, 3.8) is 0 Å². The lowest BCUT2D eigenvalue weighted by atomic mass is 10.1. The number of anilines is 1. The summed E-state index contributed by atoms with van der Waals surface area (Å²) in [6, 6.07) is 8.28. The van der Waals surface area contributed by atoms with Crippen molar-refractivity contribution in [1.29, 1.82) is 0 Å². The summed E-state index contributed by atoms with van der Waals surface area (Å²) in [5.74, 6) is 0.243. The maximum atomic E-state index is 12.6. The summed E-state index contributed by atoms with van der Waals surface area (Å²) >= 11 is 1.88. The average molecular weight is 305 g/mol. The Labute approximate surface area is 131 Å². The van der Waals surface area contributed by atoms with Gasteiger partial charge in [-0.2, -0.15) is 0 Å². The van der Waals surface area contributed by atoms with Crippen LogP contribution in [0.4, 0.5) is 5.69 Å². The van der Waals surface area contributed by atoms with Crippen LogP contribution < -0.4 is 4.90 Å². The summed E-state index contributed by atoms with van der Waals surface area (Å²) < 4.78 is 5.63. The number of carbonyl (C=O) groups is 1. The first kappa shape index (κ1) is 14.9. The minimum Gasteiger partial charge on any atom is -0.378 e. The van der Waals surface area contributed by atoms with Crippen LogP contribution in [0.5, 0.6) is 0 Å². The van der Waals surface area contributed by atoms with Crippen molar-refractivity contribution >= 4 is 23.4 Å². The van der Waals surface area contributed by atoms with E-state index in [9.17, 15) is 4.79 Å². The molecule has 1 aromatic carbocycles. The zero-order valence-corrected chi connectivity index (χ0v) is 13.4. The Morgan fingerprint density at radius 2 is 2.24 bits per heavy atom. The molecule has 3 rings (SSSR count). The predicted octanol–water partition coefficient (Wildman–Crippen LogP) is 3.86. The van der Waals surface area contributed by atoms with Gasteiger partial charge in [0.1, 0.15) is 0 Å². The zero-order valence-electron chi connectivity index (χ0n) is 12.6. The van der Waals surface area contributed by atoms with Gasteiger partial charge in [-0.3, -0.25) is 4.79 Å². The number of benzene rings is 1. The van der Waals surface area contributed by atoms with Gasteiger partial charge in [0.2, 0.25) is 5.91 Å². The molecule has 4 heteroatoms. The fourth-order valence-electron chi connectivity index (χ4n) is 3.04. The van der Waals surface area contributed by atoms with Gasteiger partial charge in [-0.1, -0.05) is 19.1 Å². The van der Waals surface area contributed by atoms with E-state index in [2.05, 4.69) is 25.1 Å². The second-order valence-electron chi connectivity index (χ2n) is 5.90. The molecule has 1 amide bonds. The van der Waals surface area contributed by atoms with Crippen LogP contribution in [-0.2, 0) is 9.53 Å². The van der Waals surface area contributed by atoms with Crippen LogP contribution in [0, 0.1) is 0 Å². The average Bonchev–Trinajstić information content (AvgIpc) is 2.94. The second-order valence-corrected chi connectivity index (χ2v) is 7.38. The number of rotatable bonds is 3. The van der Waals surface area contributed by atoms with E-state index in [-0.39, 0.29) is 5.91 Å². The SMILES string of the molecule is CC1CCN(C(=O)CCC2CCCO2)c2ccccc2S1. The van der Waals surface area contributed by atoms with Crippen molar-refractivity contribution in [1.82, 2.24) is 0 Å². The van der Waals surface area contributed by atoms with E-state index >= 15 is 0 Å². The predicted molar refractivity (Wildman–Crippen MR) is 86.9 cm³/mol. The van der Waals surface area contributed by atoms with Crippen LogP contribution in [0.2, 0.25) is 0 Å². The highest BCUT2D eigenvalue weighted by Crippen LogP contribution is 2.37. The van der Waals surface area contributed by atoms with Gasteiger partial charge in [0, 0.05) is 29.7 Å². The van der Waals surface area contributed by atoms with Crippen LogP contribution in [-0.4, -0.2) is 30.4 Å². The Bertz CT molecular complexity index is 499. The first-order chi connectivity index (χ1) is 10.2. The molecule has 114 valence electrons. The smallest absolute Gasteiger partial charge is 0.227 e. The first-order valence-electron chi connectivity index (χ1n) is 7.91. The first-order valence-corrected chi connectivity index (χ1v) is 8.79. The minimum absolute atomic E-state index is 0.243. The van der Waals surface area contributed by atoms with E-state index in [1.165, 1.54) is 4.90 Å². The van der Waals surface area contributed by atoms with E-state index in [1.807, 2.05) is 22.7 Å². The van der Waals surface area contributed by atoms with Gasteiger partial charge in [-0.05, 0) is 37.8 Å². The molecule has 2 unspecified atom stereocenters. The molecule has 0 aromatic heterocycles. The Morgan fingerprint density at radius 3 is 3.05 bits per heavy atom. The monoisotopic (exact) mass is 305 g/mol. The quantitative estimate of drug-likeness (QED) is 0.849. The van der Waals surface area contributed by atoms with E-state index in [0.29, 0.717) is 17.8 Å². The molecule has 0 spiro atoms. The summed E-state index contributed by atoms with van der Waals surface area (Å²) in [7, 11) is 0. The second kappa shape index (κ2) is 6.84. The van der Waals surface area contributed by atoms with Crippen LogP contribution >= 0.6 is 11.8 Å². The van der Waals surface area contributed by atoms with Crippen LogP contribution in [0.15, 0.2) is 29.2 Å². The molecule has 1 aromatic rings. The van der Waals surface area contributed by atoms with Gasteiger partial charge < -0.3 is 9.64 Å². The molecule has 2 heterocycles. The number of hydrogen-bond acceptors (Lipinski definition) is 3. The molecule has 2 aliphatic heterocycles. The maximum absolute atomic E-state index is 12.6. The van der Waals surface area contributed by atoms with Crippen molar-refractivity contribution in [2.24, 2.45) is 0 Å². The van der Waals surface area contributed by atoms with Crippen LogP contribution in [0.1, 0.15) is 39.0 Å². The van der Waals surface area contributed by atoms with Gasteiger partial charge in [-0.25, -0.2) is 0 Å². The van der Waals surface area contributed by atoms with Crippen molar-refractivity contribution < 1.29 is 9.53 Å². The third kappa shape index (κ3) is 3.61. The summed E-state index contributed by atoms with van der Waals surface area (Å²) in [4.78, 5) is 15.9. The maximum Gasteiger partial charge on any atom is 0.227 e. The van der Waals surface area contributed by atoms with E-state index in [4.69, 9.17) is 4.74 Å². The van der Waals surface area contributed by atoms with Crippen molar-refractivity contribution in [3.05, 3.63) is 24.3 Å². The van der Waals surface area contributed by atoms with Crippen LogP contribution in [0.25, 0.3) is 0 Å². The number of fused-ring (bicyclic) bond motifs is 1. The highest BCUT2D eigenvalue weighted by molar-refractivity contribution is 8.00. The molecule has 1 saturated heterocycles. The molecule has 1 fully saturated rings. The summed E-state index contributed by atoms with van der Waals surface area (Å²) in [6.07, 6.45) is 5.05. The van der Waals surface area contributed by atoms with Crippen molar-refractivity contribution in [2.75, 3.05) is 18.1 Å². The van der Waals surface area contributed by atoms with E-state index < -0.39 is 0 Å². The number of carbonyl (C=O) groups excluding carboxylic acids is 1. The molecular formula is C17H23NO2S. The normalized spacial score (nSPS) is 25.5. The summed E-state index contributed by atoms with van der Waals surface area (Å²) in [5.41, 5.74) is 1.09. The Morgan fingerprint density at radius 1 is 1.38 bits per heavy atom. The van der Waals surface area contributed by atoms with Crippen LogP contribution in [0.3, 0.4) is 0 Å². The third-order valence-electron chi connectivity index (χ3n) is 4.25. The van der Waals surface area contributed by atoms with Gasteiger partial charge in [-0.15, -0.1) is 11.8 Å². The molecule has 21 heavy (non-hydrogen) atoms. The lowest BCUT2D eigenvalue weighted by Crippen LogP contribution is -2.32. The Kier molecular flexibility index (Phi) is 4.86. The molecule has 0 radical (unpaired) electrons. The van der Waals surface area contributed by atoms with E-state index in [1.54, 1.807) is 0 Å². The molecule has 2 aliphatic rings. The lowest BCUT2D eigenvalue weighted by molar-refractivity contribution is -0.119. The number of ether oxygens (including phenoxy) is 1. The van der Waals surface area contributed by atoms with Gasteiger partial charge >= 0.3 is 0 Å². The fraction of sp³-hybridized carbons (Fsp3) is 0.588. The molecular weight excluding hydrogens is 282 g/mol. The standard InChI is InChI=1S/C17H23NO2S/c1-13-10-11-18(15-6-2-3-7-16(15)21-13)17(19)9-8-14-5-4-12-20-14/h2-3,6-7,13-14H,4-5,8-12H2,1H3. The Balaban J connectivity index is 1.69. The van der Waals surface area contributed by atoms with Crippen molar-refractivity contribution in [2.45, 2.75) is 55.3 Å². The van der Waals surface area contributed by atoms with Gasteiger partial charge in [0.15, 0.2) is 0 Å². The highest BCUT2D eigenvalue weighted by atomic mass is 32.2. The molecule has 0 N–H and O–H groups in total. The molecule has 0 saturated carbocycles. The number of thioether (sulfide) groups is 1. The minimum atomic E-state index is 0.243. The van der Waals surface area contributed by atoms with Gasteiger partial charge in [0.25, 0.3) is 0 Å². The highest BCUT2D eigenvalue weighted by Gasteiger charge is 2.25. The number of nitrogens with zero attached hydrogens (tertiary/aromatic N) is 1. The van der Waals surface area contributed by atoms with E-state index in [0.717, 1.165) is 44.5 Å². The number of para-hydroxylation sites is 1. The largest absolute Gasteiger partial charge is 0.378 e. The Hall–Kier alpha value is -1.00. The number of hydrogen-bond donors (Lipinski definition) is 0. The molecule has 0 aliphatic carbocycles. The third-order valence-corrected chi connectivity index (χ3v) is 5.49. The number of amides is 1. The lowest BCUT2D eigenvalue weighted by Gasteiger charge is -2.23. The summed E-state index contributed by atoms with van der Waals surface area (Å²) in [5, 5.41) is 0.558. The topological polar surface area (TPSA) is 29.5 Å². The molecule has 2 atom stereocenters. The molecule has 3 nitrogen and oxygen atoms in total. The fourth-order valence-corrected chi connectivity index (χ4v) is 4.15. The van der Waals surface area contributed by atoms with Gasteiger partial charge in [0.05, 0.1) is 11.8 Å². The molecule has 0 bridgehead atoms. The zero-order chi connectivity index (χ0) is 14.7.